The molecule has 0 radical (unpaired) electrons. The Hall–Kier alpha value is -2.85. The maximum Gasteiger partial charge on any atom is 0.573 e. The molecule has 1 aromatic heterocycles. The second-order valence-electron chi connectivity index (χ2n) is 7.55. The topological polar surface area (TPSA) is 91.8 Å². The van der Waals surface area contributed by atoms with Crippen LogP contribution in [0.25, 0.3) is 0 Å². The van der Waals surface area contributed by atoms with Crippen LogP contribution in [0.3, 0.4) is 0 Å². The summed E-state index contributed by atoms with van der Waals surface area (Å²) >= 11 is 5.93. The number of carbonyl (C=O) groups excluding carboxylic acids is 2. The minimum Gasteiger partial charge on any atom is -0.404 e. The molecule has 0 saturated carbocycles. The Kier molecular flexibility index (Phi) is 5.90. The summed E-state index contributed by atoms with van der Waals surface area (Å²) < 4.78 is 41.2. The smallest absolute Gasteiger partial charge is 0.404 e. The van der Waals surface area contributed by atoms with E-state index in [1.165, 1.54) is 43.1 Å². The van der Waals surface area contributed by atoms with Crippen molar-refractivity contribution in [3.05, 3.63) is 52.2 Å². The molecule has 1 aliphatic rings. The number of amides is 2. The van der Waals surface area contributed by atoms with Gasteiger partial charge in [-0.3, -0.25) is 9.59 Å². The Balaban J connectivity index is 1.84. The molecule has 1 unspecified atom stereocenters. The number of carbonyl (C=O) groups is 2. The zero-order valence-corrected chi connectivity index (χ0v) is 17.5. The molecule has 166 valence electrons. The van der Waals surface area contributed by atoms with Crippen LogP contribution in [0, 0.1) is 0 Å². The SMILES string of the molecule is CC(c1ccc(OC(F)(F)F)c(Cl)c1)N1Cc2c(ccnc2NC(=O)C(C)(C)O)C1=O. The molecule has 7 nitrogen and oxygen atoms in total. The van der Waals surface area contributed by atoms with Crippen molar-refractivity contribution in [3.63, 3.8) is 0 Å². The summed E-state index contributed by atoms with van der Waals surface area (Å²) in [6.45, 7) is 4.44. The number of rotatable bonds is 5. The molecular weight excluding hydrogens is 439 g/mol. The number of alkyl halides is 3. The summed E-state index contributed by atoms with van der Waals surface area (Å²) in [6.07, 6.45) is -3.51. The highest BCUT2D eigenvalue weighted by molar-refractivity contribution is 6.32. The zero-order chi connectivity index (χ0) is 23.1. The molecule has 1 aliphatic heterocycles. The van der Waals surface area contributed by atoms with E-state index in [2.05, 4.69) is 15.0 Å². The summed E-state index contributed by atoms with van der Waals surface area (Å²) in [5, 5.41) is 12.1. The highest BCUT2D eigenvalue weighted by atomic mass is 35.5. The monoisotopic (exact) mass is 457 g/mol. The summed E-state index contributed by atoms with van der Waals surface area (Å²) in [6, 6.07) is 4.75. The standard InChI is InChI=1S/C20H19ClF3N3O4/c1-10(11-4-5-15(14(21)8-11)31-20(22,23)24)27-9-13-12(17(27)28)6-7-25-16(13)26-18(29)19(2,3)30/h4-8,10,30H,9H2,1-3H3,(H,25,26,29). The van der Waals surface area contributed by atoms with E-state index in [1.807, 2.05) is 0 Å². The van der Waals surface area contributed by atoms with Crippen molar-refractivity contribution in [3.8, 4) is 5.75 Å². The van der Waals surface area contributed by atoms with Gasteiger partial charge in [-0.05, 0) is 44.5 Å². The zero-order valence-electron chi connectivity index (χ0n) is 16.7. The second kappa shape index (κ2) is 8.01. The number of hydrogen-bond donors (Lipinski definition) is 2. The van der Waals surface area contributed by atoms with E-state index in [0.717, 1.165) is 6.07 Å². The largest absolute Gasteiger partial charge is 0.573 e. The van der Waals surface area contributed by atoms with Crippen LogP contribution in [-0.4, -0.2) is 38.8 Å². The number of benzene rings is 1. The molecule has 0 aliphatic carbocycles. The van der Waals surface area contributed by atoms with Gasteiger partial charge in [0.15, 0.2) is 0 Å². The van der Waals surface area contributed by atoms with Crippen LogP contribution in [0.5, 0.6) is 5.75 Å². The Morgan fingerprint density at radius 2 is 2.00 bits per heavy atom. The van der Waals surface area contributed by atoms with E-state index in [9.17, 15) is 27.9 Å². The predicted molar refractivity (Wildman–Crippen MR) is 106 cm³/mol. The number of halogens is 4. The van der Waals surface area contributed by atoms with Gasteiger partial charge in [0.1, 0.15) is 17.2 Å². The summed E-state index contributed by atoms with van der Waals surface area (Å²) in [4.78, 5) is 30.6. The van der Waals surface area contributed by atoms with E-state index in [-0.39, 0.29) is 23.3 Å². The molecule has 3 rings (SSSR count). The van der Waals surface area contributed by atoms with E-state index in [0.29, 0.717) is 16.7 Å². The third-order valence-electron chi connectivity index (χ3n) is 4.79. The van der Waals surface area contributed by atoms with E-state index in [4.69, 9.17) is 11.6 Å². The number of pyridine rings is 1. The van der Waals surface area contributed by atoms with Gasteiger partial charge < -0.3 is 20.1 Å². The van der Waals surface area contributed by atoms with Crippen LogP contribution >= 0.6 is 11.6 Å². The van der Waals surface area contributed by atoms with Gasteiger partial charge in [-0.15, -0.1) is 13.2 Å². The lowest BCUT2D eigenvalue weighted by atomic mass is 10.1. The lowest BCUT2D eigenvalue weighted by Gasteiger charge is -2.25. The van der Waals surface area contributed by atoms with Crippen molar-refractivity contribution >= 4 is 29.2 Å². The van der Waals surface area contributed by atoms with Crippen molar-refractivity contribution in [1.82, 2.24) is 9.88 Å². The van der Waals surface area contributed by atoms with Crippen molar-refractivity contribution in [2.75, 3.05) is 5.32 Å². The van der Waals surface area contributed by atoms with Gasteiger partial charge in [-0.25, -0.2) is 4.98 Å². The minimum absolute atomic E-state index is 0.100. The normalized spacial score (nSPS) is 15.0. The molecular formula is C20H19ClF3N3O4. The van der Waals surface area contributed by atoms with Gasteiger partial charge in [0, 0.05) is 17.3 Å². The van der Waals surface area contributed by atoms with Crippen molar-refractivity contribution in [2.45, 2.75) is 45.3 Å². The van der Waals surface area contributed by atoms with Crippen molar-refractivity contribution in [2.24, 2.45) is 0 Å². The third-order valence-corrected chi connectivity index (χ3v) is 5.09. The minimum atomic E-state index is -4.87. The molecule has 31 heavy (non-hydrogen) atoms. The number of aromatic nitrogens is 1. The van der Waals surface area contributed by atoms with Crippen molar-refractivity contribution in [1.29, 1.82) is 0 Å². The average molecular weight is 458 g/mol. The summed E-state index contributed by atoms with van der Waals surface area (Å²) in [5.74, 6) is -1.41. The number of anilines is 1. The molecule has 0 fully saturated rings. The van der Waals surface area contributed by atoms with Crippen LogP contribution < -0.4 is 10.1 Å². The van der Waals surface area contributed by atoms with Gasteiger partial charge >= 0.3 is 6.36 Å². The highest BCUT2D eigenvalue weighted by Gasteiger charge is 2.36. The maximum atomic E-state index is 12.9. The van der Waals surface area contributed by atoms with Crippen LogP contribution in [-0.2, 0) is 11.3 Å². The number of hydrogen-bond acceptors (Lipinski definition) is 5. The fourth-order valence-electron chi connectivity index (χ4n) is 3.10. The first-order chi connectivity index (χ1) is 14.3. The Labute approximate surface area is 180 Å². The molecule has 11 heteroatoms. The first-order valence-corrected chi connectivity index (χ1v) is 9.53. The Bertz CT molecular complexity index is 1040. The molecule has 2 N–H and O–H groups in total. The highest BCUT2D eigenvalue weighted by Crippen LogP contribution is 2.37. The van der Waals surface area contributed by atoms with Crippen LogP contribution in [0.2, 0.25) is 5.02 Å². The van der Waals surface area contributed by atoms with Crippen LogP contribution in [0.1, 0.15) is 48.3 Å². The van der Waals surface area contributed by atoms with Gasteiger partial charge in [-0.1, -0.05) is 17.7 Å². The fourth-order valence-corrected chi connectivity index (χ4v) is 3.32. The van der Waals surface area contributed by atoms with Gasteiger partial charge in [0.05, 0.1) is 17.6 Å². The first kappa shape index (κ1) is 22.8. The van der Waals surface area contributed by atoms with E-state index < -0.39 is 29.7 Å². The van der Waals surface area contributed by atoms with Gasteiger partial charge in [0.2, 0.25) is 0 Å². The Morgan fingerprint density at radius 1 is 1.32 bits per heavy atom. The van der Waals surface area contributed by atoms with Crippen LogP contribution in [0.4, 0.5) is 19.0 Å². The number of fused-ring (bicyclic) bond motifs is 1. The molecule has 1 atom stereocenters. The summed E-state index contributed by atoms with van der Waals surface area (Å²) in [7, 11) is 0. The molecule has 2 aromatic rings. The lowest BCUT2D eigenvalue weighted by molar-refractivity contribution is -0.274. The lowest BCUT2D eigenvalue weighted by Crippen LogP contribution is -2.37. The van der Waals surface area contributed by atoms with Gasteiger partial charge in [-0.2, -0.15) is 0 Å². The van der Waals surface area contributed by atoms with Crippen molar-refractivity contribution < 1.29 is 32.6 Å². The van der Waals surface area contributed by atoms with E-state index >= 15 is 0 Å². The first-order valence-electron chi connectivity index (χ1n) is 9.16. The van der Waals surface area contributed by atoms with Crippen LogP contribution in [0.15, 0.2) is 30.5 Å². The molecule has 0 saturated heterocycles. The maximum absolute atomic E-state index is 12.9. The average Bonchev–Trinajstić information content (AvgIpc) is 2.99. The number of aliphatic hydroxyl groups is 1. The quantitative estimate of drug-likeness (QED) is 0.706. The molecule has 0 spiro atoms. The van der Waals surface area contributed by atoms with E-state index in [1.54, 1.807) is 6.92 Å². The fraction of sp³-hybridized carbons (Fsp3) is 0.350. The third kappa shape index (κ3) is 4.91. The second-order valence-corrected chi connectivity index (χ2v) is 7.95. The molecule has 2 amide bonds. The molecule has 0 bridgehead atoms. The Morgan fingerprint density at radius 3 is 2.58 bits per heavy atom. The van der Waals surface area contributed by atoms with Gasteiger partial charge in [0.25, 0.3) is 11.8 Å². The number of nitrogens with one attached hydrogen (secondary N) is 1. The molecule has 2 heterocycles. The molecule has 1 aromatic carbocycles. The predicted octanol–water partition coefficient (Wildman–Crippen LogP) is 4.06. The number of ether oxygens (including phenoxy) is 1. The summed E-state index contributed by atoms with van der Waals surface area (Å²) in [5.41, 5.74) is -0.344. The number of nitrogens with zero attached hydrogens (tertiary/aromatic N) is 2.